The summed E-state index contributed by atoms with van der Waals surface area (Å²) in [6, 6.07) is 9.21. The van der Waals surface area contributed by atoms with E-state index < -0.39 is 0 Å². The van der Waals surface area contributed by atoms with Gasteiger partial charge in [-0.05, 0) is 41.8 Å². The van der Waals surface area contributed by atoms with Crippen LogP contribution in [0, 0.1) is 0 Å². The van der Waals surface area contributed by atoms with Crippen molar-refractivity contribution in [3.8, 4) is 0 Å². The first-order valence-electron chi connectivity index (χ1n) is 6.85. The molecule has 108 valence electrons. The minimum Gasteiger partial charge on any atom is -0.459 e. The molecular formula is C16H16N2O3. The molecule has 2 heterocycles. The highest BCUT2D eigenvalue weighted by Crippen LogP contribution is 2.24. The second kappa shape index (κ2) is 5.44. The van der Waals surface area contributed by atoms with E-state index in [1.54, 1.807) is 17.0 Å². The van der Waals surface area contributed by atoms with Gasteiger partial charge in [-0.25, -0.2) is 0 Å². The van der Waals surface area contributed by atoms with Crippen LogP contribution in [0.1, 0.15) is 28.6 Å². The lowest BCUT2D eigenvalue weighted by molar-refractivity contribution is -0.114. The third-order valence-corrected chi connectivity index (χ3v) is 3.56. The lowest BCUT2D eigenvalue weighted by atomic mass is 9.99. The Morgan fingerprint density at radius 1 is 1.24 bits per heavy atom. The summed E-state index contributed by atoms with van der Waals surface area (Å²) in [5.74, 6) is 0.154. The minimum atomic E-state index is -0.103. The zero-order valence-corrected chi connectivity index (χ0v) is 11.8. The van der Waals surface area contributed by atoms with Crippen molar-refractivity contribution in [1.82, 2.24) is 4.90 Å². The molecule has 0 unspecified atom stereocenters. The summed E-state index contributed by atoms with van der Waals surface area (Å²) in [5.41, 5.74) is 3.04. The molecule has 1 aromatic carbocycles. The Balaban J connectivity index is 1.80. The first-order valence-corrected chi connectivity index (χ1v) is 6.85. The Bertz CT molecular complexity index is 677. The van der Waals surface area contributed by atoms with Gasteiger partial charge < -0.3 is 14.6 Å². The van der Waals surface area contributed by atoms with Gasteiger partial charge in [-0.3, -0.25) is 9.59 Å². The first kappa shape index (κ1) is 13.4. The molecule has 3 rings (SSSR count). The van der Waals surface area contributed by atoms with Crippen LogP contribution in [0.4, 0.5) is 5.69 Å². The van der Waals surface area contributed by atoms with E-state index in [0.29, 0.717) is 18.8 Å². The van der Waals surface area contributed by atoms with Crippen molar-refractivity contribution >= 4 is 17.5 Å². The highest BCUT2D eigenvalue weighted by Gasteiger charge is 2.23. The molecule has 0 fully saturated rings. The molecule has 1 aliphatic rings. The molecule has 1 aliphatic heterocycles. The summed E-state index contributed by atoms with van der Waals surface area (Å²) in [6.07, 6.45) is 2.31. The quantitative estimate of drug-likeness (QED) is 0.921. The number of furan rings is 1. The average molecular weight is 284 g/mol. The third-order valence-electron chi connectivity index (χ3n) is 3.56. The number of anilines is 1. The number of carbonyl (C=O) groups excluding carboxylic acids is 2. The van der Waals surface area contributed by atoms with E-state index in [4.69, 9.17) is 4.42 Å². The SMILES string of the molecule is CC(=O)Nc1ccc2c(c1)CN(C(=O)c1ccco1)CC2. The largest absolute Gasteiger partial charge is 0.459 e. The van der Waals surface area contributed by atoms with E-state index in [2.05, 4.69) is 5.32 Å². The number of benzene rings is 1. The Morgan fingerprint density at radius 3 is 2.81 bits per heavy atom. The monoisotopic (exact) mass is 284 g/mol. The van der Waals surface area contributed by atoms with E-state index in [0.717, 1.165) is 17.7 Å². The normalized spacial score (nSPS) is 13.7. The molecule has 5 heteroatoms. The second-order valence-corrected chi connectivity index (χ2v) is 5.12. The lowest BCUT2D eigenvalue weighted by Crippen LogP contribution is -2.35. The van der Waals surface area contributed by atoms with Crippen molar-refractivity contribution in [2.75, 3.05) is 11.9 Å². The highest BCUT2D eigenvalue weighted by molar-refractivity contribution is 5.92. The zero-order valence-electron chi connectivity index (χ0n) is 11.8. The lowest BCUT2D eigenvalue weighted by Gasteiger charge is -2.28. The van der Waals surface area contributed by atoms with Gasteiger partial charge in [0, 0.05) is 25.7 Å². The fourth-order valence-corrected chi connectivity index (χ4v) is 2.57. The van der Waals surface area contributed by atoms with Crippen LogP contribution >= 0.6 is 0 Å². The van der Waals surface area contributed by atoms with Gasteiger partial charge in [-0.1, -0.05) is 6.07 Å². The first-order chi connectivity index (χ1) is 10.1. The van der Waals surface area contributed by atoms with Gasteiger partial charge in [0.25, 0.3) is 5.91 Å². The maximum atomic E-state index is 12.3. The molecule has 0 atom stereocenters. The van der Waals surface area contributed by atoms with Crippen LogP contribution in [0.3, 0.4) is 0 Å². The molecule has 5 nitrogen and oxygen atoms in total. The van der Waals surface area contributed by atoms with Crippen molar-refractivity contribution in [1.29, 1.82) is 0 Å². The maximum Gasteiger partial charge on any atom is 0.289 e. The van der Waals surface area contributed by atoms with Crippen LogP contribution in [-0.2, 0) is 17.8 Å². The molecular weight excluding hydrogens is 268 g/mol. The Hall–Kier alpha value is -2.56. The minimum absolute atomic E-state index is 0.101. The molecule has 2 aromatic rings. The average Bonchev–Trinajstić information content (AvgIpc) is 2.99. The van der Waals surface area contributed by atoms with Gasteiger partial charge >= 0.3 is 0 Å². The molecule has 1 N–H and O–H groups in total. The van der Waals surface area contributed by atoms with Gasteiger partial charge in [0.1, 0.15) is 0 Å². The Morgan fingerprint density at radius 2 is 2.10 bits per heavy atom. The highest BCUT2D eigenvalue weighted by atomic mass is 16.3. The van der Waals surface area contributed by atoms with Crippen LogP contribution in [0.5, 0.6) is 0 Å². The number of carbonyl (C=O) groups is 2. The topological polar surface area (TPSA) is 62.6 Å². The second-order valence-electron chi connectivity index (χ2n) is 5.12. The number of amides is 2. The number of nitrogens with one attached hydrogen (secondary N) is 1. The maximum absolute atomic E-state index is 12.3. The molecule has 0 saturated heterocycles. The van der Waals surface area contributed by atoms with Crippen molar-refractivity contribution in [3.05, 3.63) is 53.5 Å². The van der Waals surface area contributed by atoms with Crippen LogP contribution in [-0.4, -0.2) is 23.3 Å². The molecule has 0 radical (unpaired) electrons. The van der Waals surface area contributed by atoms with Crippen LogP contribution in [0.15, 0.2) is 41.0 Å². The third kappa shape index (κ3) is 2.81. The van der Waals surface area contributed by atoms with E-state index >= 15 is 0 Å². The van der Waals surface area contributed by atoms with Gasteiger partial charge in [0.2, 0.25) is 5.91 Å². The van der Waals surface area contributed by atoms with Gasteiger partial charge in [-0.2, -0.15) is 0 Å². The van der Waals surface area contributed by atoms with Gasteiger partial charge in [0.05, 0.1) is 6.26 Å². The molecule has 0 bridgehead atoms. The summed E-state index contributed by atoms with van der Waals surface area (Å²) in [6.45, 7) is 2.68. The number of rotatable bonds is 2. The fraction of sp³-hybridized carbons (Fsp3) is 0.250. The summed E-state index contributed by atoms with van der Waals surface area (Å²) < 4.78 is 5.16. The molecule has 21 heavy (non-hydrogen) atoms. The molecule has 2 amide bonds. The zero-order chi connectivity index (χ0) is 14.8. The molecule has 0 aliphatic carbocycles. The summed E-state index contributed by atoms with van der Waals surface area (Å²) in [4.78, 5) is 25.2. The van der Waals surface area contributed by atoms with E-state index in [9.17, 15) is 9.59 Å². The van der Waals surface area contributed by atoms with Crippen molar-refractivity contribution < 1.29 is 14.0 Å². The van der Waals surface area contributed by atoms with E-state index in [1.807, 2.05) is 18.2 Å². The van der Waals surface area contributed by atoms with Crippen molar-refractivity contribution in [3.63, 3.8) is 0 Å². The number of nitrogens with zero attached hydrogens (tertiary/aromatic N) is 1. The van der Waals surface area contributed by atoms with E-state index in [-0.39, 0.29) is 11.8 Å². The van der Waals surface area contributed by atoms with Crippen LogP contribution < -0.4 is 5.32 Å². The van der Waals surface area contributed by atoms with Gasteiger partial charge in [0.15, 0.2) is 5.76 Å². The predicted molar refractivity (Wildman–Crippen MR) is 77.9 cm³/mol. The fourth-order valence-electron chi connectivity index (χ4n) is 2.57. The van der Waals surface area contributed by atoms with Crippen LogP contribution in [0.2, 0.25) is 0 Å². The number of fused-ring (bicyclic) bond motifs is 1. The molecule has 0 saturated carbocycles. The van der Waals surface area contributed by atoms with Crippen molar-refractivity contribution in [2.24, 2.45) is 0 Å². The van der Waals surface area contributed by atoms with Crippen LogP contribution in [0.25, 0.3) is 0 Å². The van der Waals surface area contributed by atoms with E-state index in [1.165, 1.54) is 18.8 Å². The Labute approximate surface area is 122 Å². The van der Waals surface area contributed by atoms with Crippen molar-refractivity contribution in [2.45, 2.75) is 19.9 Å². The smallest absolute Gasteiger partial charge is 0.289 e. The molecule has 1 aromatic heterocycles. The Kier molecular flexibility index (Phi) is 3.48. The van der Waals surface area contributed by atoms with Gasteiger partial charge in [-0.15, -0.1) is 0 Å². The summed E-state index contributed by atoms with van der Waals surface area (Å²) >= 11 is 0. The summed E-state index contributed by atoms with van der Waals surface area (Å²) in [5, 5.41) is 2.77. The predicted octanol–water partition coefficient (Wildman–Crippen LogP) is 2.44. The standard InChI is InChI=1S/C16H16N2O3/c1-11(19)17-14-5-4-12-6-7-18(10-13(12)9-14)16(20)15-3-2-8-21-15/h2-5,8-9H,6-7,10H2,1H3,(H,17,19). The number of hydrogen-bond acceptors (Lipinski definition) is 3. The summed E-state index contributed by atoms with van der Waals surface area (Å²) in [7, 11) is 0. The molecule has 0 spiro atoms. The number of hydrogen-bond donors (Lipinski definition) is 1.